The molecule has 0 radical (unpaired) electrons. The van der Waals surface area contributed by atoms with Crippen molar-refractivity contribution in [1.82, 2.24) is 5.32 Å². The molecule has 3 N–H and O–H groups in total. The van der Waals surface area contributed by atoms with E-state index in [0.717, 1.165) is 24.9 Å². The molecular weight excluding hydrogens is 370 g/mol. The first kappa shape index (κ1) is 19.1. The molecule has 7 nitrogen and oxygen atoms in total. The molecule has 2 aromatic carbocycles. The molecule has 0 fully saturated rings. The number of aryl methyl sites for hydroxylation is 1. The number of fused-ring (bicyclic) bond motifs is 2. The van der Waals surface area contributed by atoms with Crippen LogP contribution in [0.2, 0.25) is 0 Å². The first-order valence-corrected chi connectivity index (χ1v) is 9.99. The van der Waals surface area contributed by atoms with Gasteiger partial charge in [-0.15, -0.1) is 0 Å². The van der Waals surface area contributed by atoms with E-state index in [1.54, 1.807) is 25.1 Å². The minimum atomic E-state index is -0.588. The van der Waals surface area contributed by atoms with Crippen LogP contribution < -0.4 is 25.4 Å². The van der Waals surface area contributed by atoms with Gasteiger partial charge in [-0.3, -0.25) is 10.1 Å². The zero-order valence-corrected chi connectivity index (χ0v) is 16.4. The number of urea groups is 1. The van der Waals surface area contributed by atoms with Crippen LogP contribution in [0.15, 0.2) is 36.4 Å². The van der Waals surface area contributed by atoms with Gasteiger partial charge < -0.3 is 20.1 Å². The van der Waals surface area contributed by atoms with E-state index in [4.69, 9.17) is 9.47 Å². The van der Waals surface area contributed by atoms with Gasteiger partial charge in [-0.05, 0) is 61.9 Å². The lowest BCUT2D eigenvalue weighted by atomic mass is 9.90. The number of benzene rings is 2. The summed E-state index contributed by atoms with van der Waals surface area (Å²) >= 11 is 0. The van der Waals surface area contributed by atoms with Crippen molar-refractivity contribution in [2.75, 3.05) is 23.8 Å². The van der Waals surface area contributed by atoms with Crippen LogP contribution in [0.3, 0.4) is 0 Å². The number of anilines is 2. The third-order valence-electron chi connectivity index (χ3n) is 5.20. The third-order valence-corrected chi connectivity index (χ3v) is 5.20. The molecule has 0 spiro atoms. The van der Waals surface area contributed by atoms with E-state index in [1.807, 2.05) is 12.1 Å². The van der Waals surface area contributed by atoms with Crippen LogP contribution in [-0.2, 0) is 17.6 Å². The van der Waals surface area contributed by atoms with Crippen LogP contribution in [0.25, 0.3) is 0 Å². The summed E-state index contributed by atoms with van der Waals surface area (Å²) in [6.07, 6.45) is 4.44. The van der Waals surface area contributed by atoms with Gasteiger partial charge in [-0.25, -0.2) is 4.79 Å². The fraction of sp³-hybridized carbons (Fsp3) is 0.364. The van der Waals surface area contributed by atoms with Gasteiger partial charge in [0.15, 0.2) is 11.5 Å². The van der Waals surface area contributed by atoms with Gasteiger partial charge in [0.1, 0.15) is 19.3 Å². The minimum Gasteiger partial charge on any atom is -0.486 e. The molecule has 1 aliphatic carbocycles. The molecule has 29 heavy (non-hydrogen) atoms. The normalized spacial score (nSPS) is 15.6. The summed E-state index contributed by atoms with van der Waals surface area (Å²) in [4.78, 5) is 24.7. The predicted octanol–water partition coefficient (Wildman–Crippen LogP) is 3.49. The van der Waals surface area contributed by atoms with Gasteiger partial charge in [0.05, 0.1) is 0 Å². The molecule has 0 bridgehead atoms. The molecule has 1 atom stereocenters. The molecule has 7 heteroatoms. The van der Waals surface area contributed by atoms with E-state index < -0.39 is 18.0 Å². The fourth-order valence-corrected chi connectivity index (χ4v) is 3.72. The Morgan fingerprint density at radius 2 is 1.79 bits per heavy atom. The molecule has 2 aromatic rings. The molecule has 0 aromatic heterocycles. The number of hydrogen-bond donors (Lipinski definition) is 3. The van der Waals surface area contributed by atoms with Crippen molar-refractivity contribution in [2.24, 2.45) is 0 Å². The lowest BCUT2D eigenvalue weighted by Gasteiger charge is -2.22. The van der Waals surface area contributed by atoms with Crippen LogP contribution in [-0.4, -0.2) is 31.2 Å². The van der Waals surface area contributed by atoms with Crippen LogP contribution >= 0.6 is 0 Å². The lowest BCUT2D eigenvalue weighted by molar-refractivity contribution is -0.120. The maximum Gasteiger partial charge on any atom is 0.325 e. The van der Waals surface area contributed by atoms with Crippen molar-refractivity contribution < 1.29 is 19.1 Å². The molecule has 0 saturated heterocycles. The van der Waals surface area contributed by atoms with Gasteiger partial charge >= 0.3 is 6.03 Å². The summed E-state index contributed by atoms with van der Waals surface area (Å²) in [5.74, 6) is 0.819. The number of hydrogen-bond acceptors (Lipinski definition) is 5. The molecule has 2 aliphatic rings. The number of nitrogens with one attached hydrogen (secondary N) is 3. The molecule has 0 unspecified atom stereocenters. The Balaban J connectivity index is 1.35. The topological polar surface area (TPSA) is 88.7 Å². The van der Waals surface area contributed by atoms with Gasteiger partial charge in [0.2, 0.25) is 5.91 Å². The molecular formula is C22H25N3O4. The average molecular weight is 395 g/mol. The van der Waals surface area contributed by atoms with Crippen molar-refractivity contribution >= 4 is 23.3 Å². The maximum atomic E-state index is 12.5. The highest BCUT2D eigenvalue weighted by molar-refractivity contribution is 6.03. The Morgan fingerprint density at radius 3 is 2.66 bits per heavy atom. The summed E-state index contributed by atoms with van der Waals surface area (Å²) in [6.45, 7) is 2.71. The zero-order valence-electron chi connectivity index (χ0n) is 16.4. The standard InChI is InChI=1S/C22H25N3O4/c1-14(23-18-8-4-6-15-5-2-3-7-17(15)18)21(26)25-22(27)24-16-9-10-19-20(13-16)29-12-11-28-19/h4,6,8-10,13-14,23H,2-3,5,7,11-12H2,1H3,(H2,24,25,26,27)/t14-/m0/s1. The second-order valence-corrected chi connectivity index (χ2v) is 7.32. The second kappa shape index (κ2) is 8.43. The Hall–Kier alpha value is -3.22. The fourth-order valence-electron chi connectivity index (χ4n) is 3.72. The first-order chi connectivity index (χ1) is 14.1. The lowest BCUT2D eigenvalue weighted by Crippen LogP contribution is -2.43. The Bertz CT molecular complexity index is 928. The number of rotatable bonds is 4. The van der Waals surface area contributed by atoms with Gasteiger partial charge in [0.25, 0.3) is 0 Å². The largest absolute Gasteiger partial charge is 0.486 e. The van der Waals surface area contributed by atoms with E-state index in [1.165, 1.54) is 17.5 Å². The van der Waals surface area contributed by atoms with E-state index in [2.05, 4.69) is 22.0 Å². The predicted molar refractivity (Wildman–Crippen MR) is 111 cm³/mol. The van der Waals surface area contributed by atoms with E-state index in [0.29, 0.717) is 30.4 Å². The van der Waals surface area contributed by atoms with Crippen LogP contribution in [0.5, 0.6) is 11.5 Å². The smallest absolute Gasteiger partial charge is 0.325 e. The molecule has 0 saturated carbocycles. The molecule has 1 heterocycles. The van der Waals surface area contributed by atoms with Crippen LogP contribution in [0.1, 0.15) is 30.9 Å². The quantitative estimate of drug-likeness (QED) is 0.738. The van der Waals surface area contributed by atoms with Crippen LogP contribution in [0.4, 0.5) is 16.2 Å². The second-order valence-electron chi connectivity index (χ2n) is 7.32. The Morgan fingerprint density at radius 1 is 1.00 bits per heavy atom. The summed E-state index contributed by atoms with van der Waals surface area (Å²) in [6, 6.07) is 10.1. The number of ether oxygens (including phenoxy) is 2. The van der Waals surface area contributed by atoms with Crippen LogP contribution in [0, 0.1) is 0 Å². The first-order valence-electron chi connectivity index (χ1n) is 9.99. The Labute approximate surface area is 169 Å². The summed E-state index contributed by atoms with van der Waals surface area (Å²) in [7, 11) is 0. The molecule has 4 rings (SSSR count). The summed E-state index contributed by atoms with van der Waals surface area (Å²) in [5.41, 5.74) is 4.11. The SMILES string of the molecule is C[C@H](Nc1cccc2c1CCCC2)C(=O)NC(=O)Nc1ccc2c(c1)OCCO2. The number of carbonyl (C=O) groups excluding carboxylic acids is 2. The van der Waals surface area contributed by atoms with Crippen molar-refractivity contribution in [2.45, 2.75) is 38.6 Å². The summed E-state index contributed by atoms with van der Waals surface area (Å²) in [5, 5.41) is 8.29. The average Bonchev–Trinajstić information content (AvgIpc) is 2.73. The number of imide groups is 1. The number of amides is 3. The van der Waals surface area contributed by atoms with Crippen molar-refractivity contribution in [3.63, 3.8) is 0 Å². The zero-order chi connectivity index (χ0) is 20.2. The van der Waals surface area contributed by atoms with Crippen molar-refractivity contribution in [3.05, 3.63) is 47.5 Å². The maximum absolute atomic E-state index is 12.5. The third kappa shape index (κ3) is 4.45. The van der Waals surface area contributed by atoms with Crippen molar-refractivity contribution in [3.8, 4) is 11.5 Å². The molecule has 152 valence electrons. The van der Waals surface area contributed by atoms with Crippen molar-refractivity contribution in [1.29, 1.82) is 0 Å². The molecule has 3 amide bonds. The monoisotopic (exact) mass is 395 g/mol. The van der Waals surface area contributed by atoms with E-state index in [9.17, 15) is 9.59 Å². The summed E-state index contributed by atoms with van der Waals surface area (Å²) < 4.78 is 11.0. The molecule has 1 aliphatic heterocycles. The van der Waals surface area contributed by atoms with Gasteiger partial charge in [0, 0.05) is 17.4 Å². The van der Waals surface area contributed by atoms with Gasteiger partial charge in [-0.1, -0.05) is 12.1 Å². The highest BCUT2D eigenvalue weighted by Crippen LogP contribution is 2.32. The minimum absolute atomic E-state index is 0.395. The van der Waals surface area contributed by atoms with E-state index >= 15 is 0 Å². The highest BCUT2D eigenvalue weighted by atomic mass is 16.6. The number of carbonyl (C=O) groups is 2. The Kier molecular flexibility index (Phi) is 5.55. The highest BCUT2D eigenvalue weighted by Gasteiger charge is 2.20. The van der Waals surface area contributed by atoms with Gasteiger partial charge in [-0.2, -0.15) is 0 Å². The van der Waals surface area contributed by atoms with E-state index in [-0.39, 0.29) is 0 Å².